The molecular formula is C17H20O2. The molecule has 1 aliphatic carbocycles. The van der Waals surface area contributed by atoms with Crippen molar-refractivity contribution >= 4 is 5.97 Å². The van der Waals surface area contributed by atoms with Crippen LogP contribution < -0.4 is 0 Å². The Kier molecular flexibility index (Phi) is 3.95. The second-order valence-corrected chi connectivity index (χ2v) is 5.34. The minimum absolute atomic E-state index is 0.134. The van der Waals surface area contributed by atoms with Gasteiger partial charge in [-0.05, 0) is 30.9 Å². The number of ether oxygens (including phenoxy) is 1. The summed E-state index contributed by atoms with van der Waals surface area (Å²) in [6.07, 6.45) is 7.89. The second-order valence-electron chi connectivity index (χ2n) is 5.34. The number of esters is 1. The lowest BCUT2D eigenvalue weighted by molar-refractivity contribution is -0.152. The van der Waals surface area contributed by atoms with Crippen LogP contribution in [0.5, 0.6) is 0 Å². The molecule has 19 heavy (non-hydrogen) atoms. The normalized spacial score (nSPS) is 17.3. The molecule has 0 bridgehead atoms. The third kappa shape index (κ3) is 2.51. The van der Waals surface area contributed by atoms with Crippen LogP contribution in [0.2, 0.25) is 0 Å². The van der Waals surface area contributed by atoms with E-state index in [0.29, 0.717) is 13.0 Å². The molecule has 100 valence electrons. The molecule has 0 spiro atoms. The number of carbonyl (C=O) groups excluding carboxylic acids is 1. The highest BCUT2D eigenvalue weighted by atomic mass is 16.5. The second kappa shape index (κ2) is 5.48. The van der Waals surface area contributed by atoms with E-state index in [1.165, 1.54) is 11.1 Å². The van der Waals surface area contributed by atoms with E-state index in [2.05, 4.69) is 18.1 Å². The van der Waals surface area contributed by atoms with Gasteiger partial charge in [0, 0.05) is 11.8 Å². The minimum Gasteiger partial charge on any atom is -0.466 e. The highest BCUT2D eigenvalue weighted by Gasteiger charge is 2.44. The molecule has 0 amide bonds. The fourth-order valence-electron chi connectivity index (χ4n) is 3.03. The molecule has 0 heterocycles. The number of hydrogen-bond donors (Lipinski definition) is 0. The first-order valence-electron chi connectivity index (χ1n) is 6.80. The van der Waals surface area contributed by atoms with Crippen molar-refractivity contribution in [2.24, 2.45) is 11.3 Å². The molecule has 0 aliphatic heterocycles. The molecule has 1 aliphatic rings. The Morgan fingerprint density at radius 3 is 2.47 bits per heavy atom. The van der Waals surface area contributed by atoms with Crippen LogP contribution in [0.15, 0.2) is 24.3 Å². The van der Waals surface area contributed by atoms with Crippen molar-refractivity contribution in [1.29, 1.82) is 0 Å². The zero-order valence-corrected chi connectivity index (χ0v) is 11.6. The van der Waals surface area contributed by atoms with Gasteiger partial charge in [0.1, 0.15) is 0 Å². The van der Waals surface area contributed by atoms with Crippen LogP contribution in [0.25, 0.3) is 0 Å². The summed E-state index contributed by atoms with van der Waals surface area (Å²) in [6.45, 7) is 4.20. The third-order valence-electron chi connectivity index (χ3n) is 4.22. The lowest BCUT2D eigenvalue weighted by Gasteiger charge is -2.32. The Morgan fingerprint density at radius 2 is 2.00 bits per heavy atom. The summed E-state index contributed by atoms with van der Waals surface area (Å²) in [7, 11) is 0. The average Bonchev–Trinajstić information content (AvgIpc) is 2.77. The van der Waals surface area contributed by atoms with E-state index in [4.69, 9.17) is 11.2 Å². The van der Waals surface area contributed by atoms with Gasteiger partial charge in [-0.25, -0.2) is 0 Å². The zero-order chi connectivity index (χ0) is 13.9. The van der Waals surface area contributed by atoms with Crippen LogP contribution in [0, 0.1) is 23.7 Å². The van der Waals surface area contributed by atoms with Gasteiger partial charge in [-0.3, -0.25) is 4.79 Å². The van der Waals surface area contributed by atoms with Gasteiger partial charge < -0.3 is 4.74 Å². The summed E-state index contributed by atoms with van der Waals surface area (Å²) < 4.78 is 5.18. The van der Waals surface area contributed by atoms with E-state index in [9.17, 15) is 4.79 Å². The maximum Gasteiger partial charge on any atom is 0.309 e. The summed E-state index contributed by atoms with van der Waals surface area (Å²) in [5.74, 6) is 2.45. The number of fused-ring (bicyclic) bond motifs is 1. The lowest BCUT2D eigenvalue weighted by Crippen LogP contribution is -2.36. The molecular weight excluding hydrogens is 236 g/mol. The van der Waals surface area contributed by atoms with Crippen molar-refractivity contribution < 1.29 is 9.53 Å². The van der Waals surface area contributed by atoms with Crippen LogP contribution in [0.3, 0.4) is 0 Å². The Hall–Kier alpha value is -1.75. The van der Waals surface area contributed by atoms with Gasteiger partial charge in [-0.1, -0.05) is 31.2 Å². The highest BCUT2D eigenvalue weighted by Crippen LogP contribution is 2.45. The van der Waals surface area contributed by atoms with Gasteiger partial charge >= 0.3 is 5.97 Å². The standard InChI is InChI=1S/C17H20O2/c1-4-10-17(13(3)16(18)19-5-2)11-14-8-6-7-9-15(14)12-17/h1,6-9,13H,5,10-12H2,2-3H3. The molecule has 1 atom stereocenters. The summed E-state index contributed by atoms with van der Waals surface area (Å²) in [6, 6.07) is 8.34. The summed E-state index contributed by atoms with van der Waals surface area (Å²) >= 11 is 0. The molecule has 0 saturated heterocycles. The van der Waals surface area contributed by atoms with Gasteiger partial charge in [-0.2, -0.15) is 0 Å². The number of carbonyl (C=O) groups is 1. The Bertz CT molecular complexity index is 485. The van der Waals surface area contributed by atoms with Crippen LogP contribution in [0.1, 0.15) is 31.4 Å². The van der Waals surface area contributed by atoms with Gasteiger partial charge in [0.25, 0.3) is 0 Å². The predicted octanol–water partition coefficient (Wildman–Crippen LogP) is 2.99. The van der Waals surface area contributed by atoms with Gasteiger partial charge in [0.05, 0.1) is 12.5 Å². The third-order valence-corrected chi connectivity index (χ3v) is 4.22. The van der Waals surface area contributed by atoms with Crippen LogP contribution in [-0.4, -0.2) is 12.6 Å². The average molecular weight is 256 g/mol. The molecule has 1 aromatic rings. The van der Waals surface area contributed by atoms with E-state index in [1.807, 2.05) is 26.0 Å². The zero-order valence-electron chi connectivity index (χ0n) is 11.6. The SMILES string of the molecule is C#CCC1(C(C)C(=O)OCC)Cc2ccccc2C1. The first-order valence-corrected chi connectivity index (χ1v) is 6.80. The van der Waals surface area contributed by atoms with Crippen LogP contribution >= 0.6 is 0 Å². The molecule has 2 nitrogen and oxygen atoms in total. The molecule has 1 unspecified atom stereocenters. The van der Waals surface area contributed by atoms with E-state index < -0.39 is 0 Å². The first-order chi connectivity index (χ1) is 9.13. The van der Waals surface area contributed by atoms with Crippen molar-refractivity contribution in [2.75, 3.05) is 6.61 Å². The van der Waals surface area contributed by atoms with E-state index in [1.54, 1.807) is 0 Å². The predicted molar refractivity (Wildman–Crippen MR) is 75.5 cm³/mol. The topological polar surface area (TPSA) is 26.3 Å². The first kappa shape index (κ1) is 13.7. The van der Waals surface area contributed by atoms with Gasteiger partial charge in [0.15, 0.2) is 0 Å². The highest BCUT2D eigenvalue weighted by molar-refractivity contribution is 5.73. The van der Waals surface area contributed by atoms with Gasteiger partial charge in [0.2, 0.25) is 0 Å². The quantitative estimate of drug-likeness (QED) is 0.611. The smallest absolute Gasteiger partial charge is 0.309 e. The summed E-state index contributed by atoms with van der Waals surface area (Å²) in [5.41, 5.74) is 2.45. The number of benzene rings is 1. The summed E-state index contributed by atoms with van der Waals surface area (Å²) in [5, 5.41) is 0. The minimum atomic E-state index is -0.176. The Balaban J connectivity index is 2.27. The molecule has 0 N–H and O–H groups in total. The van der Waals surface area contributed by atoms with Gasteiger partial charge in [-0.15, -0.1) is 12.3 Å². The maximum absolute atomic E-state index is 12.1. The summed E-state index contributed by atoms with van der Waals surface area (Å²) in [4.78, 5) is 12.1. The Morgan fingerprint density at radius 1 is 1.42 bits per heavy atom. The fourth-order valence-corrected chi connectivity index (χ4v) is 3.03. The van der Waals surface area contributed by atoms with E-state index in [0.717, 1.165) is 12.8 Å². The lowest BCUT2D eigenvalue weighted by atomic mass is 9.71. The molecule has 0 aromatic heterocycles. The van der Waals surface area contributed by atoms with Crippen LogP contribution in [-0.2, 0) is 22.4 Å². The molecule has 0 saturated carbocycles. The largest absolute Gasteiger partial charge is 0.466 e. The van der Waals surface area contributed by atoms with E-state index >= 15 is 0 Å². The molecule has 2 heteroatoms. The maximum atomic E-state index is 12.1. The molecule has 0 fully saturated rings. The monoisotopic (exact) mass is 256 g/mol. The molecule has 2 rings (SSSR count). The van der Waals surface area contributed by atoms with Crippen molar-refractivity contribution in [1.82, 2.24) is 0 Å². The van der Waals surface area contributed by atoms with E-state index in [-0.39, 0.29) is 17.3 Å². The Labute approximate surface area is 115 Å². The molecule has 0 radical (unpaired) electrons. The molecule has 1 aromatic carbocycles. The van der Waals surface area contributed by atoms with Crippen molar-refractivity contribution in [2.45, 2.75) is 33.1 Å². The van der Waals surface area contributed by atoms with Crippen molar-refractivity contribution in [3.8, 4) is 12.3 Å². The number of hydrogen-bond acceptors (Lipinski definition) is 2. The van der Waals surface area contributed by atoms with Crippen LogP contribution in [0.4, 0.5) is 0 Å². The van der Waals surface area contributed by atoms with Crippen molar-refractivity contribution in [3.05, 3.63) is 35.4 Å². The fraction of sp³-hybridized carbons (Fsp3) is 0.471. The van der Waals surface area contributed by atoms with Crippen molar-refractivity contribution in [3.63, 3.8) is 0 Å². The number of rotatable bonds is 4. The number of terminal acetylenes is 1.